The lowest BCUT2D eigenvalue weighted by atomic mass is 10.1. The van der Waals surface area contributed by atoms with Crippen LogP contribution in [0.15, 0.2) is 42.5 Å². The van der Waals surface area contributed by atoms with E-state index in [4.69, 9.17) is 11.6 Å². The van der Waals surface area contributed by atoms with E-state index < -0.39 is 18.0 Å². The van der Waals surface area contributed by atoms with Crippen LogP contribution in [0.5, 0.6) is 0 Å². The van der Waals surface area contributed by atoms with Gasteiger partial charge in [-0.3, -0.25) is 19.8 Å². The molecular weight excluding hydrogens is 404 g/mol. The number of hydrogen-bond donors (Lipinski definition) is 2. The molecule has 4 amide bonds. The van der Waals surface area contributed by atoms with Crippen molar-refractivity contribution < 1.29 is 14.4 Å². The summed E-state index contributed by atoms with van der Waals surface area (Å²) < 4.78 is 0. The molecule has 1 saturated heterocycles. The zero-order valence-electron chi connectivity index (χ0n) is 17.2. The normalized spacial score (nSPS) is 16.1. The predicted molar refractivity (Wildman–Crippen MR) is 118 cm³/mol. The van der Waals surface area contributed by atoms with Gasteiger partial charge in [0.05, 0.1) is 23.3 Å². The minimum Gasteiger partial charge on any atom is -0.310 e. The van der Waals surface area contributed by atoms with Gasteiger partial charge in [-0.15, -0.1) is 0 Å². The Morgan fingerprint density at radius 3 is 2.63 bits per heavy atom. The highest BCUT2D eigenvalue weighted by atomic mass is 35.5. The average molecular weight is 429 g/mol. The van der Waals surface area contributed by atoms with Crippen LogP contribution in [0.4, 0.5) is 16.2 Å². The summed E-state index contributed by atoms with van der Waals surface area (Å²) in [6.07, 6.45) is 0.572. The average Bonchev–Trinajstić information content (AvgIpc) is 3.07. The molecule has 1 heterocycles. The molecule has 30 heavy (non-hydrogen) atoms. The van der Waals surface area contributed by atoms with E-state index >= 15 is 0 Å². The van der Waals surface area contributed by atoms with E-state index in [1.165, 1.54) is 0 Å². The largest absolute Gasteiger partial charge is 0.325 e. The molecule has 1 aliphatic heterocycles. The summed E-state index contributed by atoms with van der Waals surface area (Å²) in [7, 11) is 1.70. The maximum absolute atomic E-state index is 12.8. The number of rotatable bonds is 5. The molecule has 2 N–H and O–H groups in total. The number of carbonyl (C=O) groups is 3. The van der Waals surface area contributed by atoms with Gasteiger partial charge >= 0.3 is 6.03 Å². The SMILES string of the molecule is Cc1cccc(NC(=O)NC(=O)CN(C)C2CCN(c3ccccc3Cl)C2=O)c1C. The number of aryl methyl sites for hydroxylation is 1. The molecule has 7 nitrogen and oxygen atoms in total. The van der Waals surface area contributed by atoms with E-state index in [1.54, 1.807) is 35.0 Å². The smallest absolute Gasteiger partial charge is 0.310 e. The third kappa shape index (κ3) is 4.80. The van der Waals surface area contributed by atoms with Crippen molar-refractivity contribution in [3.8, 4) is 0 Å². The minimum absolute atomic E-state index is 0.0764. The molecule has 158 valence electrons. The number of amides is 4. The molecule has 2 aromatic rings. The van der Waals surface area contributed by atoms with E-state index in [2.05, 4.69) is 10.6 Å². The van der Waals surface area contributed by atoms with Gasteiger partial charge in [0.1, 0.15) is 0 Å². The quantitative estimate of drug-likeness (QED) is 0.765. The van der Waals surface area contributed by atoms with Crippen LogP contribution in [0, 0.1) is 13.8 Å². The van der Waals surface area contributed by atoms with Gasteiger partial charge in [0.25, 0.3) is 0 Å². The lowest BCUT2D eigenvalue weighted by Gasteiger charge is -2.23. The molecule has 0 saturated carbocycles. The van der Waals surface area contributed by atoms with Crippen LogP contribution in [-0.2, 0) is 9.59 Å². The van der Waals surface area contributed by atoms with Crippen molar-refractivity contribution in [3.63, 3.8) is 0 Å². The summed E-state index contributed by atoms with van der Waals surface area (Å²) in [5, 5.41) is 5.52. The first-order chi connectivity index (χ1) is 14.3. The molecular formula is C22H25ClN4O3. The zero-order chi connectivity index (χ0) is 21.8. The monoisotopic (exact) mass is 428 g/mol. The molecule has 0 radical (unpaired) electrons. The number of carbonyl (C=O) groups excluding carboxylic acids is 3. The number of imide groups is 1. The predicted octanol–water partition coefficient (Wildman–Crippen LogP) is 3.34. The van der Waals surface area contributed by atoms with Crippen LogP contribution in [0.1, 0.15) is 17.5 Å². The fourth-order valence-corrected chi connectivity index (χ4v) is 3.76. The zero-order valence-corrected chi connectivity index (χ0v) is 18.0. The first-order valence-corrected chi connectivity index (χ1v) is 10.1. The Morgan fingerprint density at radius 2 is 1.90 bits per heavy atom. The highest BCUT2D eigenvalue weighted by molar-refractivity contribution is 6.34. The maximum atomic E-state index is 12.8. The Morgan fingerprint density at radius 1 is 1.17 bits per heavy atom. The number of urea groups is 1. The molecule has 0 bridgehead atoms. The van der Waals surface area contributed by atoms with Crippen LogP contribution in [0.3, 0.4) is 0 Å². The van der Waals surface area contributed by atoms with E-state index in [9.17, 15) is 14.4 Å². The van der Waals surface area contributed by atoms with Gasteiger partial charge in [-0.25, -0.2) is 4.79 Å². The van der Waals surface area contributed by atoms with Gasteiger partial charge in [-0.05, 0) is 56.6 Å². The number of hydrogen-bond acceptors (Lipinski definition) is 4. The second-order valence-electron chi connectivity index (χ2n) is 7.41. The molecule has 8 heteroatoms. The van der Waals surface area contributed by atoms with Crippen LogP contribution in [0.25, 0.3) is 0 Å². The minimum atomic E-state index is -0.599. The lowest BCUT2D eigenvalue weighted by molar-refractivity contribution is -0.124. The highest BCUT2D eigenvalue weighted by Crippen LogP contribution is 2.30. The Hall–Kier alpha value is -2.90. The number of para-hydroxylation sites is 1. The van der Waals surface area contributed by atoms with Crippen molar-refractivity contribution in [2.75, 3.05) is 30.4 Å². The van der Waals surface area contributed by atoms with Gasteiger partial charge in [0.2, 0.25) is 11.8 Å². The van der Waals surface area contributed by atoms with E-state index in [1.807, 2.05) is 38.1 Å². The fourth-order valence-electron chi connectivity index (χ4n) is 3.53. The van der Waals surface area contributed by atoms with Crippen LogP contribution < -0.4 is 15.5 Å². The number of nitrogens with one attached hydrogen (secondary N) is 2. The number of halogens is 1. The van der Waals surface area contributed by atoms with Gasteiger partial charge < -0.3 is 10.2 Å². The van der Waals surface area contributed by atoms with Crippen molar-refractivity contribution in [1.82, 2.24) is 10.2 Å². The molecule has 0 spiro atoms. The Labute approximate surface area is 181 Å². The van der Waals surface area contributed by atoms with Crippen LogP contribution >= 0.6 is 11.6 Å². The summed E-state index contributed by atoms with van der Waals surface area (Å²) in [6.45, 7) is 4.29. The number of benzene rings is 2. The van der Waals surface area contributed by atoms with Crippen molar-refractivity contribution in [3.05, 3.63) is 58.6 Å². The Balaban J connectivity index is 1.55. The summed E-state index contributed by atoms with van der Waals surface area (Å²) in [4.78, 5) is 40.6. The molecule has 2 aromatic carbocycles. The molecule has 1 aliphatic rings. The number of anilines is 2. The maximum Gasteiger partial charge on any atom is 0.325 e. The lowest BCUT2D eigenvalue weighted by Crippen LogP contribution is -2.46. The second kappa shape index (κ2) is 9.28. The fraction of sp³-hybridized carbons (Fsp3) is 0.318. The summed E-state index contributed by atoms with van der Waals surface area (Å²) in [6, 6.07) is 11.7. The van der Waals surface area contributed by atoms with Gasteiger partial charge in [0, 0.05) is 12.2 Å². The summed E-state index contributed by atoms with van der Waals surface area (Å²) >= 11 is 6.21. The second-order valence-corrected chi connectivity index (χ2v) is 7.82. The third-order valence-electron chi connectivity index (χ3n) is 5.35. The van der Waals surface area contributed by atoms with Crippen molar-refractivity contribution in [1.29, 1.82) is 0 Å². The molecule has 1 atom stereocenters. The summed E-state index contributed by atoms with van der Waals surface area (Å²) in [5.41, 5.74) is 3.29. The molecule has 0 aromatic heterocycles. The standard InChI is InChI=1S/C22H25ClN4O3/c1-14-7-6-9-17(15(14)2)24-22(30)25-20(28)13-26(3)19-11-12-27(21(19)29)18-10-5-4-8-16(18)23/h4-10,19H,11-13H2,1-3H3,(H2,24,25,28,30). The van der Waals surface area contributed by atoms with Gasteiger partial charge in [-0.1, -0.05) is 35.9 Å². The Kier molecular flexibility index (Phi) is 6.74. The van der Waals surface area contributed by atoms with Crippen LogP contribution in [0.2, 0.25) is 5.02 Å². The van der Waals surface area contributed by atoms with Gasteiger partial charge in [-0.2, -0.15) is 0 Å². The van der Waals surface area contributed by atoms with Gasteiger partial charge in [0.15, 0.2) is 0 Å². The topological polar surface area (TPSA) is 81.8 Å². The summed E-state index contributed by atoms with van der Waals surface area (Å²) in [5.74, 6) is -0.595. The molecule has 1 unspecified atom stereocenters. The van der Waals surface area contributed by atoms with E-state index in [0.717, 1.165) is 11.1 Å². The van der Waals surface area contributed by atoms with Crippen LogP contribution in [-0.4, -0.2) is 48.9 Å². The first-order valence-electron chi connectivity index (χ1n) is 9.71. The first kappa shape index (κ1) is 21.8. The number of nitrogens with zero attached hydrogens (tertiary/aromatic N) is 2. The van der Waals surface area contributed by atoms with E-state index in [-0.39, 0.29) is 12.5 Å². The Bertz CT molecular complexity index is 979. The third-order valence-corrected chi connectivity index (χ3v) is 5.67. The molecule has 0 aliphatic carbocycles. The molecule has 3 rings (SSSR count). The van der Waals surface area contributed by atoms with Crippen molar-refractivity contribution >= 4 is 40.8 Å². The number of likely N-dealkylation sites (N-methyl/N-ethyl adjacent to an activating group) is 1. The van der Waals surface area contributed by atoms with Crippen molar-refractivity contribution in [2.24, 2.45) is 0 Å². The molecule has 1 fully saturated rings. The van der Waals surface area contributed by atoms with E-state index in [0.29, 0.717) is 29.4 Å². The highest BCUT2D eigenvalue weighted by Gasteiger charge is 2.36. The van der Waals surface area contributed by atoms with Crippen molar-refractivity contribution in [2.45, 2.75) is 26.3 Å².